The summed E-state index contributed by atoms with van der Waals surface area (Å²) in [5, 5.41) is 8.77. The summed E-state index contributed by atoms with van der Waals surface area (Å²) in [6, 6.07) is 6.29. The third-order valence-corrected chi connectivity index (χ3v) is 2.48. The number of hydrogen-bond acceptors (Lipinski definition) is 4. The molecular formula is C13H16N2O5. The van der Waals surface area contributed by atoms with Gasteiger partial charge in [0.2, 0.25) is 0 Å². The summed E-state index contributed by atoms with van der Waals surface area (Å²) in [5.74, 6) is -2.05. The normalized spacial score (nSPS) is 9.85. The van der Waals surface area contributed by atoms with Crippen LogP contribution in [0.1, 0.15) is 17.3 Å². The van der Waals surface area contributed by atoms with Crippen LogP contribution < -0.4 is 10.5 Å². The summed E-state index contributed by atoms with van der Waals surface area (Å²) in [4.78, 5) is 34.8. The van der Waals surface area contributed by atoms with E-state index in [0.29, 0.717) is 0 Å². The van der Waals surface area contributed by atoms with Crippen LogP contribution in [-0.4, -0.2) is 47.5 Å². The molecule has 7 heteroatoms. The summed E-state index contributed by atoms with van der Waals surface area (Å²) in [6.45, 7) is 1.16. The minimum Gasteiger partial charge on any atom is -0.483 e. The maximum Gasteiger partial charge on any atom is 0.323 e. The van der Waals surface area contributed by atoms with E-state index in [4.69, 9.17) is 15.6 Å². The number of amides is 2. The highest BCUT2D eigenvalue weighted by atomic mass is 16.5. The predicted octanol–water partition coefficient (Wildman–Crippen LogP) is 0.0974. The Morgan fingerprint density at radius 1 is 1.30 bits per heavy atom. The topological polar surface area (TPSA) is 110 Å². The molecule has 0 aliphatic heterocycles. The van der Waals surface area contributed by atoms with Gasteiger partial charge in [0.1, 0.15) is 12.3 Å². The molecule has 0 aliphatic rings. The number of hydrogen-bond donors (Lipinski definition) is 2. The maximum absolute atomic E-state index is 12.2. The average molecular weight is 280 g/mol. The van der Waals surface area contributed by atoms with Gasteiger partial charge in [0.15, 0.2) is 6.61 Å². The van der Waals surface area contributed by atoms with Crippen molar-refractivity contribution in [3.63, 3.8) is 0 Å². The SMILES string of the molecule is CCN(CC(=O)O)C(=O)c1ccccc1OCC(N)=O. The van der Waals surface area contributed by atoms with Gasteiger partial charge in [-0.3, -0.25) is 14.4 Å². The molecule has 0 saturated heterocycles. The number of rotatable bonds is 7. The number of nitrogens with two attached hydrogens (primary N) is 1. The quantitative estimate of drug-likeness (QED) is 0.736. The first kappa shape index (κ1) is 15.5. The lowest BCUT2D eigenvalue weighted by Gasteiger charge is -2.20. The number of aliphatic carboxylic acids is 1. The van der Waals surface area contributed by atoms with E-state index in [0.717, 1.165) is 4.90 Å². The first-order valence-electron chi connectivity index (χ1n) is 5.97. The second-order valence-corrected chi connectivity index (χ2v) is 3.96. The van der Waals surface area contributed by atoms with Crippen LogP contribution >= 0.6 is 0 Å². The number of carbonyl (C=O) groups excluding carboxylic acids is 2. The third-order valence-electron chi connectivity index (χ3n) is 2.48. The van der Waals surface area contributed by atoms with Crippen molar-refractivity contribution >= 4 is 17.8 Å². The van der Waals surface area contributed by atoms with Gasteiger partial charge >= 0.3 is 5.97 Å². The van der Waals surface area contributed by atoms with E-state index in [-0.39, 0.29) is 24.5 Å². The summed E-state index contributed by atoms with van der Waals surface area (Å²) in [5.41, 5.74) is 5.17. The molecule has 20 heavy (non-hydrogen) atoms. The lowest BCUT2D eigenvalue weighted by molar-refractivity contribution is -0.137. The monoisotopic (exact) mass is 280 g/mol. The Kier molecular flexibility index (Phi) is 5.52. The average Bonchev–Trinajstić information content (AvgIpc) is 2.41. The molecule has 108 valence electrons. The fourth-order valence-electron chi connectivity index (χ4n) is 1.58. The molecular weight excluding hydrogens is 264 g/mol. The van der Waals surface area contributed by atoms with Gasteiger partial charge in [-0.25, -0.2) is 0 Å². The summed E-state index contributed by atoms with van der Waals surface area (Å²) in [6.07, 6.45) is 0. The zero-order valence-electron chi connectivity index (χ0n) is 11.0. The molecule has 0 fully saturated rings. The third kappa shape index (κ3) is 4.27. The Labute approximate surface area is 115 Å². The molecule has 1 rings (SSSR count). The molecule has 0 saturated carbocycles. The largest absolute Gasteiger partial charge is 0.483 e. The molecule has 0 unspecified atom stereocenters. The van der Waals surface area contributed by atoms with E-state index in [1.54, 1.807) is 19.1 Å². The lowest BCUT2D eigenvalue weighted by atomic mass is 10.1. The summed E-state index contributed by atoms with van der Waals surface area (Å²) in [7, 11) is 0. The minimum atomic E-state index is -1.10. The van der Waals surface area contributed by atoms with Gasteiger partial charge in [0.05, 0.1) is 5.56 Å². The number of primary amides is 1. The van der Waals surface area contributed by atoms with Gasteiger partial charge in [-0.1, -0.05) is 12.1 Å². The first-order chi connectivity index (χ1) is 9.45. The molecule has 0 spiro atoms. The van der Waals surface area contributed by atoms with E-state index < -0.39 is 24.3 Å². The molecule has 0 aromatic heterocycles. The van der Waals surface area contributed by atoms with Gasteiger partial charge < -0.3 is 20.5 Å². The van der Waals surface area contributed by atoms with Crippen LogP contribution in [0, 0.1) is 0 Å². The standard InChI is InChI=1S/C13H16N2O5/c1-2-15(7-12(17)18)13(19)9-5-3-4-6-10(9)20-8-11(14)16/h3-6H,2,7-8H2,1H3,(H2,14,16)(H,17,18). The highest BCUT2D eigenvalue weighted by molar-refractivity contribution is 5.98. The molecule has 1 aromatic carbocycles. The molecule has 0 aliphatic carbocycles. The molecule has 7 nitrogen and oxygen atoms in total. The Bertz CT molecular complexity index is 515. The van der Waals surface area contributed by atoms with Crippen LogP contribution in [0.5, 0.6) is 5.75 Å². The van der Waals surface area contributed by atoms with E-state index in [2.05, 4.69) is 0 Å². The van der Waals surface area contributed by atoms with Gasteiger partial charge in [-0.15, -0.1) is 0 Å². The second kappa shape index (κ2) is 7.13. The van der Waals surface area contributed by atoms with Crippen molar-refractivity contribution in [3.05, 3.63) is 29.8 Å². The highest BCUT2D eigenvalue weighted by Gasteiger charge is 2.20. The Hall–Kier alpha value is -2.57. The van der Waals surface area contributed by atoms with E-state index >= 15 is 0 Å². The molecule has 0 heterocycles. The van der Waals surface area contributed by atoms with E-state index in [1.165, 1.54) is 12.1 Å². The van der Waals surface area contributed by atoms with Crippen LogP contribution in [-0.2, 0) is 9.59 Å². The number of benzene rings is 1. The summed E-state index contributed by atoms with van der Waals surface area (Å²) < 4.78 is 5.15. The smallest absolute Gasteiger partial charge is 0.323 e. The molecule has 0 radical (unpaired) electrons. The number of carboxylic acids is 1. The minimum absolute atomic E-state index is 0.192. The van der Waals surface area contributed by atoms with Crippen LogP contribution in [0.2, 0.25) is 0 Å². The zero-order chi connectivity index (χ0) is 15.1. The maximum atomic E-state index is 12.2. The van der Waals surface area contributed by atoms with Crippen molar-refractivity contribution in [2.75, 3.05) is 19.7 Å². The van der Waals surface area contributed by atoms with Gasteiger partial charge in [-0.2, -0.15) is 0 Å². The molecule has 0 bridgehead atoms. The van der Waals surface area contributed by atoms with Crippen molar-refractivity contribution < 1.29 is 24.2 Å². The van der Waals surface area contributed by atoms with Crippen molar-refractivity contribution in [1.29, 1.82) is 0 Å². The second-order valence-electron chi connectivity index (χ2n) is 3.96. The fraction of sp³-hybridized carbons (Fsp3) is 0.308. The van der Waals surface area contributed by atoms with Crippen molar-refractivity contribution in [3.8, 4) is 5.75 Å². The number of para-hydroxylation sites is 1. The van der Waals surface area contributed by atoms with Crippen molar-refractivity contribution in [1.82, 2.24) is 4.90 Å². The predicted molar refractivity (Wildman–Crippen MR) is 70.3 cm³/mol. The number of likely N-dealkylation sites (N-methyl/N-ethyl adjacent to an activating group) is 1. The Morgan fingerprint density at radius 3 is 2.50 bits per heavy atom. The van der Waals surface area contributed by atoms with E-state index in [9.17, 15) is 14.4 Å². The number of ether oxygens (including phenoxy) is 1. The Balaban J connectivity index is 2.96. The highest BCUT2D eigenvalue weighted by Crippen LogP contribution is 2.19. The first-order valence-corrected chi connectivity index (χ1v) is 5.97. The van der Waals surface area contributed by atoms with Crippen LogP contribution in [0.15, 0.2) is 24.3 Å². The number of nitrogens with zero attached hydrogens (tertiary/aromatic N) is 1. The fourth-order valence-corrected chi connectivity index (χ4v) is 1.58. The number of carbonyl (C=O) groups is 3. The zero-order valence-corrected chi connectivity index (χ0v) is 11.0. The number of carboxylic acid groups (broad SMARTS) is 1. The van der Waals surface area contributed by atoms with Crippen molar-refractivity contribution in [2.45, 2.75) is 6.92 Å². The van der Waals surface area contributed by atoms with Crippen LogP contribution in [0.25, 0.3) is 0 Å². The molecule has 3 N–H and O–H groups in total. The van der Waals surface area contributed by atoms with Gasteiger partial charge in [-0.05, 0) is 19.1 Å². The summed E-state index contributed by atoms with van der Waals surface area (Å²) >= 11 is 0. The molecule has 1 aromatic rings. The van der Waals surface area contributed by atoms with Gasteiger partial charge in [0.25, 0.3) is 11.8 Å². The van der Waals surface area contributed by atoms with Crippen LogP contribution in [0.3, 0.4) is 0 Å². The Morgan fingerprint density at radius 2 is 1.95 bits per heavy atom. The van der Waals surface area contributed by atoms with Gasteiger partial charge in [0, 0.05) is 6.54 Å². The molecule has 0 atom stereocenters. The van der Waals surface area contributed by atoms with Crippen molar-refractivity contribution in [2.24, 2.45) is 5.73 Å². The van der Waals surface area contributed by atoms with Crippen LogP contribution in [0.4, 0.5) is 0 Å². The lowest BCUT2D eigenvalue weighted by Crippen LogP contribution is -2.35. The van der Waals surface area contributed by atoms with E-state index in [1.807, 2.05) is 0 Å². The molecule has 2 amide bonds.